The SMILES string of the molecule is Cc1csc(CNC2CCCC2(C)C)n1. The fraction of sp³-hybridized carbons (Fsp3) is 0.750. The summed E-state index contributed by atoms with van der Waals surface area (Å²) in [5.41, 5.74) is 1.61. The van der Waals surface area contributed by atoms with E-state index in [1.807, 2.05) is 0 Å². The van der Waals surface area contributed by atoms with E-state index in [4.69, 9.17) is 0 Å². The third kappa shape index (κ3) is 2.58. The van der Waals surface area contributed by atoms with E-state index in [1.165, 1.54) is 24.3 Å². The third-order valence-electron chi connectivity index (χ3n) is 3.42. The van der Waals surface area contributed by atoms with Gasteiger partial charge >= 0.3 is 0 Å². The number of hydrogen-bond donors (Lipinski definition) is 1. The van der Waals surface area contributed by atoms with Gasteiger partial charge < -0.3 is 5.32 Å². The molecule has 0 amide bonds. The van der Waals surface area contributed by atoms with Crippen molar-refractivity contribution in [1.82, 2.24) is 10.3 Å². The second-order valence-corrected chi connectivity index (χ2v) is 6.14. The highest BCUT2D eigenvalue weighted by atomic mass is 32.1. The molecule has 2 rings (SSSR count). The number of rotatable bonds is 3. The zero-order valence-electron chi connectivity index (χ0n) is 9.84. The van der Waals surface area contributed by atoms with Crippen LogP contribution in [-0.4, -0.2) is 11.0 Å². The highest BCUT2D eigenvalue weighted by Crippen LogP contribution is 2.37. The molecule has 1 aliphatic rings. The van der Waals surface area contributed by atoms with E-state index in [0.29, 0.717) is 11.5 Å². The number of nitrogens with one attached hydrogen (secondary N) is 1. The molecule has 0 spiro atoms. The molecule has 15 heavy (non-hydrogen) atoms. The Hall–Kier alpha value is -0.410. The number of nitrogens with zero attached hydrogens (tertiary/aromatic N) is 1. The first kappa shape index (κ1) is 11.1. The summed E-state index contributed by atoms with van der Waals surface area (Å²) >= 11 is 1.76. The van der Waals surface area contributed by atoms with Crippen molar-refractivity contribution in [2.75, 3.05) is 0 Å². The normalized spacial score (nSPS) is 24.6. The van der Waals surface area contributed by atoms with E-state index in [0.717, 1.165) is 12.2 Å². The summed E-state index contributed by atoms with van der Waals surface area (Å²) in [4.78, 5) is 4.48. The van der Waals surface area contributed by atoms with Gasteiger partial charge in [-0.3, -0.25) is 0 Å². The van der Waals surface area contributed by atoms with E-state index < -0.39 is 0 Å². The molecule has 84 valence electrons. The van der Waals surface area contributed by atoms with Crippen molar-refractivity contribution in [2.24, 2.45) is 5.41 Å². The van der Waals surface area contributed by atoms with Gasteiger partial charge in [0.25, 0.3) is 0 Å². The van der Waals surface area contributed by atoms with E-state index in [2.05, 4.69) is 36.5 Å². The van der Waals surface area contributed by atoms with Crippen LogP contribution in [0.1, 0.15) is 43.8 Å². The zero-order valence-corrected chi connectivity index (χ0v) is 10.7. The van der Waals surface area contributed by atoms with Gasteiger partial charge in [-0.2, -0.15) is 0 Å². The first-order valence-electron chi connectivity index (χ1n) is 5.72. The topological polar surface area (TPSA) is 24.9 Å². The standard InChI is InChI=1S/C12H20N2S/c1-9-8-15-11(14-9)7-13-10-5-4-6-12(10,2)3/h8,10,13H,4-7H2,1-3H3. The van der Waals surface area contributed by atoms with Crippen molar-refractivity contribution < 1.29 is 0 Å². The van der Waals surface area contributed by atoms with E-state index in [9.17, 15) is 0 Å². The molecular weight excluding hydrogens is 204 g/mol. The van der Waals surface area contributed by atoms with Crippen molar-refractivity contribution in [3.8, 4) is 0 Å². The molecule has 1 aromatic rings. The number of aryl methyl sites for hydroxylation is 1. The lowest BCUT2D eigenvalue weighted by Crippen LogP contribution is -2.37. The minimum absolute atomic E-state index is 0.465. The summed E-state index contributed by atoms with van der Waals surface area (Å²) in [6, 6.07) is 0.668. The Morgan fingerprint density at radius 3 is 2.93 bits per heavy atom. The maximum absolute atomic E-state index is 4.48. The summed E-state index contributed by atoms with van der Waals surface area (Å²) in [5.74, 6) is 0. The van der Waals surface area contributed by atoms with Crippen molar-refractivity contribution in [1.29, 1.82) is 0 Å². The molecule has 1 saturated carbocycles. The summed E-state index contributed by atoms with van der Waals surface area (Å²) in [6.07, 6.45) is 4.03. The molecule has 0 radical (unpaired) electrons. The summed E-state index contributed by atoms with van der Waals surface area (Å²) < 4.78 is 0. The quantitative estimate of drug-likeness (QED) is 0.853. The molecule has 0 saturated heterocycles. The van der Waals surface area contributed by atoms with Gasteiger partial charge in [0, 0.05) is 23.7 Å². The molecule has 0 aliphatic heterocycles. The Morgan fingerprint density at radius 1 is 1.60 bits per heavy atom. The van der Waals surface area contributed by atoms with E-state index in [-0.39, 0.29) is 0 Å². The summed E-state index contributed by atoms with van der Waals surface area (Å²) in [5, 5.41) is 6.99. The Bertz CT molecular complexity index is 330. The van der Waals surface area contributed by atoms with Crippen LogP contribution in [0.2, 0.25) is 0 Å². The first-order chi connectivity index (χ1) is 7.08. The Labute approximate surface area is 96.1 Å². The van der Waals surface area contributed by atoms with Crippen LogP contribution in [0.5, 0.6) is 0 Å². The van der Waals surface area contributed by atoms with Gasteiger partial charge in [0.05, 0.1) is 0 Å². The van der Waals surface area contributed by atoms with Gasteiger partial charge in [0.1, 0.15) is 5.01 Å². The number of aromatic nitrogens is 1. The van der Waals surface area contributed by atoms with Crippen molar-refractivity contribution in [3.05, 3.63) is 16.1 Å². The maximum Gasteiger partial charge on any atom is 0.107 e. The minimum atomic E-state index is 0.465. The van der Waals surface area contributed by atoms with Gasteiger partial charge in [-0.25, -0.2) is 4.98 Å². The molecule has 1 N–H and O–H groups in total. The molecule has 0 aromatic carbocycles. The highest BCUT2D eigenvalue weighted by molar-refractivity contribution is 7.09. The van der Waals surface area contributed by atoms with E-state index in [1.54, 1.807) is 11.3 Å². The molecule has 1 unspecified atom stereocenters. The van der Waals surface area contributed by atoms with Crippen LogP contribution in [-0.2, 0) is 6.54 Å². The molecule has 2 nitrogen and oxygen atoms in total. The predicted octanol–water partition coefficient (Wildman–Crippen LogP) is 3.12. The van der Waals surface area contributed by atoms with Crippen LogP contribution in [0.15, 0.2) is 5.38 Å². The van der Waals surface area contributed by atoms with Gasteiger partial charge in [0.15, 0.2) is 0 Å². The van der Waals surface area contributed by atoms with Crippen LogP contribution in [0.25, 0.3) is 0 Å². The lowest BCUT2D eigenvalue weighted by Gasteiger charge is -2.27. The second-order valence-electron chi connectivity index (χ2n) is 5.20. The average molecular weight is 224 g/mol. The Morgan fingerprint density at radius 2 is 2.40 bits per heavy atom. The second kappa shape index (κ2) is 4.22. The lowest BCUT2D eigenvalue weighted by atomic mass is 9.87. The average Bonchev–Trinajstić information content (AvgIpc) is 2.69. The van der Waals surface area contributed by atoms with Crippen LogP contribution < -0.4 is 5.32 Å². The first-order valence-corrected chi connectivity index (χ1v) is 6.60. The molecular formula is C12H20N2S. The molecule has 1 fully saturated rings. The van der Waals surface area contributed by atoms with Gasteiger partial charge in [0.2, 0.25) is 0 Å². The van der Waals surface area contributed by atoms with E-state index >= 15 is 0 Å². The third-order valence-corrected chi connectivity index (χ3v) is 4.39. The molecule has 1 atom stereocenters. The predicted molar refractivity (Wildman–Crippen MR) is 65.1 cm³/mol. The maximum atomic E-state index is 4.48. The van der Waals surface area contributed by atoms with Crippen LogP contribution in [0.3, 0.4) is 0 Å². The summed E-state index contributed by atoms with van der Waals surface area (Å²) in [6.45, 7) is 7.72. The molecule has 1 aromatic heterocycles. The molecule has 1 aliphatic carbocycles. The largest absolute Gasteiger partial charge is 0.307 e. The van der Waals surface area contributed by atoms with Crippen molar-refractivity contribution in [2.45, 2.75) is 52.6 Å². The fourth-order valence-electron chi connectivity index (χ4n) is 2.40. The number of hydrogen-bond acceptors (Lipinski definition) is 3. The Balaban J connectivity index is 1.88. The molecule has 0 bridgehead atoms. The molecule has 3 heteroatoms. The summed E-state index contributed by atoms with van der Waals surface area (Å²) in [7, 11) is 0. The van der Waals surface area contributed by atoms with Gasteiger partial charge in [-0.15, -0.1) is 11.3 Å². The van der Waals surface area contributed by atoms with Crippen molar-refractivity contribution >= 4 is 11.3 Å². The van der Waals surface area contributed by atoms with Gasteiger partial charge in [-0.1, -0.05) is 20.3 Å². The Kier molecular flexibility index (Phi) is 3.12. The number of thiazole rings is 1. The van der Waals surface area contributed by atoms with Crippen molar-refractivity contribution in [3.63, 3.8) is 0 Å². The zero-order chi connectivity index (χ0) is 10.9. The molecule has 1 heterocycles. The highest BCUT2D eigenvalue weighted by Gasteiger charge is 2.33. The smallest absolute Gasteiger partial charge is 0.107 e. The lowest BCUT2D eigenvalue weighted by molar-refractivity contribution is 0.282. The van der Waals surface area contributed by atoms with Gasteiger partial charge in [-0.05, 0) is 25.2 Å². The fourth-order valence-corrected chi connectivity index (χ4v) is 3.12. The minimum Gasteiger partial charge on any atom is -0.307 e. The van der Waals surface area contributed by atoms with Crippen LogP contribution >= 0.6 is 11.3 Å². The van der Waals surface area contributed by atoms with Crippen LogP contribution in [0, 0.1) is 12.3 Å². The monoisotopic (exact) mass is 224 g/mol. The van der Waals surface area contributed by atoms with Crippen LogP contribution in [0.4, 0.5) is 0 Å².